The van der Waals surface area contributed by atoms with Crippen LogP contribution < -0.4 is 16.0 Å². The molecule has 0 aliphatic carbocycles. The molecular formula is C14H10F2N4O. The van der Waals surface area contributed by atoms with Gasteiger partial charge in [0.05, 0.1) is 10.9 Å². The second-order valence-electron chi connectivity index (χ2n) is 4.19. The molecule has 0 saturated carbocycles. The largest absolute Gasteiger partial charge is 0.435 e. The number of aromatic nitrogens is 2. The van der Waals surface area contributed by atoms with Crippen LogP contribution in [0.4, 0.5) is 14.7 Å². The van der Waals surface area contributed by atoms with Gasteiger partial charge in [0.25, 0.3) is 0 Å². The van der Waals surface area contributed by atoms with Crippen molar-refractivity contribution >= 4 is 16.9 Å². The number of rotatable bonds is 3. The lowest BCUT2D eigenvalue weighted by molar-refractivity contribution is 0.428. The van der Waals surface area contributed by atoms with E-state index in [1.165, 1.54) is 6.07 Å². The van der Waals surface area contributed by atoms with Crippen molar-refractivity contribution in [3.63, 3.8) is 0 Å². The van der Waals surface area contributed by atoms with Crippen molar-refractivity contribution in [1.82, 2.24) is 9.97 Å². The Labute approximate surface area is 118 Å². The summed E-state index contributed by atoms with van der Waals surface area (Å²) in [5.74, 6) is 3.91. The van der Waals surface area contributed by atoms with Crippen LogP contribution in [0.1, 0.15) is 0 Å². The fourth-order valence-corrected chi connectivity index (χ4v) is 1.85. The van der Waals surface area contributed by atoms with Crippen LogP contribution in [0.3, 0.4) is 0 Å². The lowest BCUT2D eigenvalue weighted by Gasteiger charge is -2.10. The van der Waals surface area contributed by atoms with Crippen molar-refractivity contribution in [1.29, 1.82) is 0 Å². The molecule has 3 aromatic rings. The van der Waals surface area contributed by atoms with Gasteiger partial charge in [0, 0.05) is 6.07 Å². The molecule has 3 rings (SSSR count). The number of ether oxygens (including phenoxy) is 1. The normalized spacial score (nSPS) is 10.6. The van der Waals surface area contributed by atoms with Gasteiger partial charge in [-0.2, -0.15) is 4.98 Å². The molecule has 0 radical (unpaired) electrons. The molecule has 0 spiro atoms. The lowest BCUT2D eigenvalue weighted by atomic mass is 10.2. The predicted molar refractivity (Wildman–Crippen MR) is 73.8 cm³/mol. The summed E-state index contributed by atoms with van der Waals surface area (Å²) in [6, 6.07) is 10.1. The highest BCUT2D eigenvalue weighted by atomic mass is 19.1. The third-order valence-electron chi connectivity index (χ3n) is 2.80. The van der Waals surface area contributed by atoms with Gasteiger partial charge < -0.3 is 4.74 Å². The number of nitrogens with two attached hydrogens (primary N) is 1. The quantitative estimate of drug-likeness (QED) is 0.572. The maximum atomic E-state index is 13.7. The van der Waals surface area contributed by atoms with Crippen molar-refractivity contribution in [2.24, 2.45) is 5.84 Å². The van der Waals surface area contributed by atoms with Crippen LogP contribution in [0, 0.1) is 11.6 Å². The fraction of sp³-hybridized carbons (Fsp3) is 0. The smallest absolute Gasteiger partial charge is 0.241 e. The molecule has 1 aromatic heterocycles. The van der Waals surface area contributed by atoms with Crippen LogP contribution >= 0.6 is 0 Å². The van der Waals surface area contributed by atoms with Gasteiger partial charge in [0.1, 0.15) is 5.82 Å². The van der Waals surface area contributed by atoms with Gasteiger partial charge in [-0.3, -0.25) is 5.43 Å². The Morgan fingerprint density at radius 1 is 1.05 bits per heavy atom. The molecule has 0 saturated heterocycles. The molecule has 2 aromatic carbocycles. The molecule has 7 heteroatoms. The Bertz CT molecular complexity index is 810. The molecule has 5 nitrogen and oxygen atoms in total. The first-order chi connectivity index (χ1) is 10.2. The van der Waals surface area contributed by atoms with E-state index in [1.54, 1.807) is 24.3 Å². The Morgan fingerprint density at radius 2 is 1.86 bits per heavy atom. The van der Waals surface area contributed by atoms with Crippen LogP contribution in [-0.4, -0.2) is 9.97 Å². The van der Waals surface area contributed by atoms with E-state index in [2.05, 4.69) is 15.4 Å². The van der Waals surface area contributed by atoms with E-state index in [-0.39, 0.29) is 17.6 Å². The van der Waals surface area contributed by atoms with Gasteiger partial charge in [-0.05, 0) is 24.3 Å². The molecule has 1 heterocycles. The maximum absolute atomic E-state index is 13.7. The predicted octanol–water partition coefficient (Wildman–Crippen LogP) is 2.99. The molecule has 0 bridgehead atoms. The van der Waals surface area contributed by atoms with E-state index < -0.39 is 11.6 Å². The summed E-state index contributed by atoms with van der Waals surface area (Å²) in [5, 5.41) is 0.584. The van der Waals surface area contributed by atoms with E-state index in [1.807, 2.05) is 0 Å². The van der Waals surface area contributed by atoms with Crippen molar-refractivity contribution < 1.29 is 13.5 Å². The van der Waals surface area contributed by atoms with Gasteiger partial charge in [0.15, 0.2) is 11.6 Å². The average Bonchev–Trinajstić information content (AvgIpc) is 2.49. The number of nitrogens with zero attached hydrogens (tertiary/aromatic N) is 2. The monoisotopic (exact) mass is 288 g/mol. The zero-order chi connectivity index (χ0) is 14.8. The number of hydrazine groups is 1. The van der Waals surface area contributed by atoms with E-state index in [0.29, 0.717) is 10.9 Å². The van der Waals surface area contributed by atoms with Crippen molar-refractivity contribution in [2.45, 2.75) is 0 Å². The molecular weight excluding hydrogens is 278 g/mol. The number of nitrogens with one attached hydrogen (secondary N) is 1. The third-order valence-corrected chi connectivity index (χ3v) is 2.80. The maximum Gasteiger partial charge on any atom is 0.241 e. The summed E-state index contributed by atoms with van der Waals surface area (Å²) in [5.41, 5.74) is 2.89. The summed E-state index contributed by atoms with van der Waals surface area (Å²) in [7, 11) is 0. The zero-order valence-electron chi connectivity index (χ0n) is 10.7. The lowest BCUT2D eigenvalue weighted by Crippen LogP contribution is -2.11. The molecule has 106 valence electrons. The van der Waals surface area contributed by atoms with Crippen LogP contribution in [0.25, 0.3) is 10.9 Å². The summed E-state index contributed by atoms with van der Waals surface area (Å²) >= 11 is 0. The second-order valence-corrected chi connectivity index (χ2v) is 4.19. The number of fused-ring (bicyclic) bond motifs is 1. The van der Waals surface area contributed by atoms with Crippen LogP contribution in [0.5, 0.6) is 11.6 Å². The number of para-hydroxylation sites is 1. The highest BCUT2D eigenvalue weighted by molar-refractivity contribution is 5.84. The number of anilines is 1. The summed E-state index contributed by atoms with van der Waals surface area (Å²) in [4.78, 5) is 8.20. The van der Waals surface area contributed by atoms with E-state index in [0.717, 1.165) is 12.1 Å². The third kappa shape index (κ3) is 2.59. The SMILES string of the molecule is NNc1nc(Oc2ccc(F)cc2F)c2ccccc2n1. The van der Waals surface area contributed by atoms with Crippen LogP contribution in [0.15, 0.2) is 42.5 Å². The Balaban J connectivity index is 2.10. The molecule has 0 atom stereocenters. The highest BCUT2D eigenvalue weighted by Gasteiger charge is 2.12. The van der Waals surface area contributed by atoms with Crippen molar-refractivity contribution in [3.8, 4) is 11.6 Å². The van der Waals surface area contributed by atoms with E-state index in [9.17, 15) is 8.78 Å². The Hall–Kier alpha value is -2.80. The number of halogens is 2. The van der Waals surface area contributed by atoms with Gasteiger partial charge in [0.2, 0.25) is 11.8 Å². The first-order valence-electron chi connectivity index (χ1n) is 6.03. The molecule has 3 N–H and O–H groups in total. The minimum atomic E-state index is -0.819. The van der Waals surface area contributed by atoms with Crippen molar-refractivity contribution in [3.05, 3.63) is 54.1 Å². The number of hydrogen-bond acceptors (Lipinski definition) is 5. The summed E-state index contributed by atoms with van der Waals surface area (Å²) in [6.45, 7) is 0. The molecule has 0 aliphatic rings. The highest BCUT2D eigenvalue weighted by Crippen LogP contribution is 2.29. The number of nitrogen functional groups attached to an aromatic ring is 1. The minimum Gasteiger partial charge on any atom is -0.435 e. The zero-order valence-corrected chi connectivity index (χ0v) is 10.7. The topological polar surface area (TPSA) is 73.1 Å². The molecule has 0 amide bonds. The standard InChI is InChI=1S/C14H10F2N4O/c15-8-5-6-12(10(16)7-8)21-13-9-3-1-2-4-11(9)18-14(19-13)20-17/h1-7H,17H2,(H,18,19,20). The van der Waals surface area contributed by atoms with Gasteiger partial charge >= 0.3 is 0 Å². The summed E-state index contributed by atoms with van der Waals surface area (Å²) < 4.78 is 32.0. The van der Waals surface area contributed by atoms with Crippen LogP contribution in [-0.2, 0) is 0 Å². The minimum absolute atomic E-state index is 0.124. The first kappa shape index (κ1) is 13.2. The molecule has 0 aliphatic heterocycles. The molecule has 0 fully saturated rings. The molecule has 0 unspecified atom stereocenters. The summed E-state index contributed by atoms with van der Waals surface area (Å²) in [6.07, 6.45) is 0. The Kier molecular flexibility index (Phi) is 3.33. The average molecular weight is 288 g/mol. The fourth-order valence-electron chi connectivity index (χ4n) is 1.85. The second kappa shape index (κ2) is 5.29. The van der Waals surface area contributed by atoms with Gasteiger partial charge in [-0.15, -0.1) is 0 Å². The van der Waals surface area contributed by atoms with Gasteiger partial charge in [-0.25, -0.2) is 19.6 Å². The van der Waals surface area contributed by atoms with E-state index >= 15 is 0 Å². The molecule has 21 heavy (non-hydrogen) atoms. The van der Waals surface area contributed by atoms with Crippen LogP contribution in [0.2, 0.25) is 0 Å². The van der Waals surface area contributed by atoms with Gasteiger partial charge in [-0.1, -0.05) is 12.1 Å². The number of hydrogen-bond donors (Lipinski definition) is 2. The Morgan fingerprint density at radius 3 is 2.62 bits per heavy atom. The van der Waals surface area contributed by atoms with Crippen molar-refractivity contribution in [2.75, 3.05) is 5.43 Å². The van der Waals surface area contributed by atoms with E-state index in [4.69, 9.17) is 10.6 Å². The number of benzene rings is 2. The first-order valence-corrected chi connectivity index (χ1v) is 6.03.